The van der Waals surface area contributed by atoms with Gasteiger partial charge in [0, 0.05) is 19.6 Å². The van der Waals surface area contributed by atoms with Crippen LogP contribution in [0.2, 0.25) is 5.02 Å². The molecule has 2 unspecified atom stereocenters. The second-order valence-corrected chi connectivity index (χ2v) is 5.56. The zero-order valence-corrected chi connectivity index (χ0v) is 12.0. The predicted octanol–water partition coefficient (Wildman–Crippen LogP) is 3.04. The van der Waals surface area contributed by atoms with E-state index in [1.807, 2.05) is 0 Å². The molecule has 1 aromatic heterocycles. The van der Waals surface area contributed by atoms with Gasteiger partial charge >= 0.3 is 0 Å². The molecule has 100 valence electrons. The van der Waals surface area contributed by atoms with E-state index in [-0.39, 0.29) is 0 Å². The average molecular weight is 269 g/mol. The van der Waals surface area contributed by atoms with E-state index in [4.69, 9.17) is 11.6 Å². The summed E-state index contributed by atoms with van der Waals surface area (Å²) in [6.45, 7) is 9.59. The fourth-order valence-electron chi connectivity index (χ4n) is 2.20. The monoisotopic (exact) mass is 268 g/mol. The van der Waals surface area contributed by atoms with Gasteiger partial charge in [-0.2, -0.15) is 4.98 Å². The molecule has 5 heteroatoms. The zero-order valence-electron chi connectivity index (χ0n) is 11.3. The molecule has 1 saturated heterocycles. The molecule has 0 bridgehead atoms. The Hall–Kier alpha value is -1.03. The molecule has 1 N–H and O–H groups in total. The number of hydrogen-bond donors (Lipinski definition) is 1. The van der Waals surface area contributed by atoms with Crippen LogP contribution in [0.1, 0.15) is 27.2 Å². The van der Waals surface area contributed by atoms with Crippen LogP contribution in [0.25, 0.3) is 0 Å². The summed E-state index contributed by atoms with van der Waals surface area (Å²) < 4.78 is 0. The van der Waals surface area contributed by atoms with E-state index in [9.17, 15) is 0 Å². The summed E-state index contributed by atoms with van der Waals surface area (Å²) in [5, 5.41) is 3.84. The summed E-state index contributed by atoms with van der Waals surface area (Å²) in [6, 6.07) is 0. The maximum atomic E-state index is 6.21. The van der Waals surface area contributed by atoms with E-state index in [1.165, 1.54) is 0 Å². The Morgan fingerprint density at radius 3 is 2.67 bits per heavy atom. The van der Waals surface area contributed by atoms with Crippen molar-refractivity contribution in [3.05, 3.63) is 11.2 Å². The Bertz CT molecular complexity index is 400. The number of halogens is 1. The van der Waals surface area contributed by atoms with Crippen molar-refractivity contribution in [1.82, 2.24) is 9.97 Å². The minimum absolute atomic E-state index is 0.637. The molecular formula is C13H21ClN4. The first kappa shape index (κ1) is 13.4. The third-order valence-corrected chi connectivity index (χ3v) is 3.81. The van der Waals surface area contributed by atoms with Crippen molar-refractivity contribution in [3.8, 4) is 0 Å². The van der Waals surface area contributed by atoms with Crippen molar-refractivity contribution >= 4 is 23.4 Å². The van der Waals surface area contributed by atoms with E-state index >= 15 is 0 Å². The highest BCUT2D eigenvalue weighted by molar-refractivity contribution is 6.32. The van der Waals surface area contributed by atoms with E-state index in [2.05, 4.69) is 41.0 Å². The van der Waals surface area contributed by atoms with Gasteiger partial charge in [0.15, 0.2) is 5.82 Å². The van der Waals surface area contributed by atoms with Crippen LogP contribution in [-0.2, 0) is 0 Å². The van der Waals surface area contributed by atoms with E-state index in [1.54, 1.807) is 6.20 Å². The highest BCUT2D eigenvalue weighted by Crippen LogP contribution is 2.31. The van der Waals surface area contributed by atoms with Gasteiger partial charge in [-0.3, -0.25) is 0 Å². The van der Waals surface area contributed by atoms with Crippen molar-refractivity contribution in [1.29, 1.82) is 0 Å². The minimum Gasteiger partial charge on any atom is -0.355 e. The molecule has 1 aromatic rings. The Balaban J connectivity index is 2.16. The lowest BCUT2D eigenvalue weighted by Crippen LogP contribution is -2.22. The van der Waals surface area contributed by atoms with E-state index in [0.717, 1.165) is 31.9 Å². The summed E-state index contributed by atoms with van der Waals surface area (Å²) in [5.41, 5.74) is 0. The Morgan fingerprint density at radius 1 is 1.39 bits per heavy atom. The summed E-state index contributed by atoms with van der Waals surface area (Å²) in [5.74, 6) is 2.90. The maximum absolute atomic E-state index is 6.21. The summed E-state index contributed by atoms with van der Waals surface area (Å²) in [4.78, 5) is 11.0. The molecular weight excluding hydrogens is 248 g/mol. The van der Waals surface area contributed by atoms with Crippen molar-refractivity contribution < 1.29 is 0 Å². The normalized spacial score (nSPS) is 23.4. The summed E-state index contributed by atoms with van der Waals surface area (Å²) >= 11 is 6.21. The molecule has 0 aromatic carbocycles. The standard InChI is InChI=1S/C13H21ClN4/c1-4-5-15-13-16-6-11(14)12(17-13)18-7-9(2)10(3)8-18/h6,9-10H,4-5,7-8H2,1-3H3,(H,15,16,17). The third-order valence-electron chi connectivity index (χ3n) is 3.55. The van der Waals surface area contributed by atoms with Crippen molar-refractivity contribution in [2.45, 2.75) is 27.2 Å². The Kier molecular flexibility index (Phi) is 4.27. The smallest absolute Gasteiger partial charge is 0.224 e. The van der Waals surface area contributed by atoms with Crippen molar-refractivity contribution in [2.75, 3.05) is 29.9 Å². The summed E-state index contributed by atoms with van der Waals surface area (Å²) in [7, 11) is 0. The first-order valence-corrected chi connectivity index (χ1v) is 7.01. The van der Waals surface area contributed by atoms with Crippen LogP contribution < -0.4 is 10.2 Å². The number of nitrogens with zero attached hydrogens (tertiary/aromatic N) is 3. The highest BCUT2D eigenvalue weighted by Gasteiger charge is 2.28. The average Bonchev–Trinajstić information content (AvgIpc) is 2.68. The second kappa shape index (κ2) is 5.74. The molecule has 0 saturated carbocycles. The van der Waals surface area contributed by atoms with Gasteiger partial charge in [-0.25, -0.2) is 4.98 Å². The third kappa shape index (κ3) is 2.86. The topological polar surface area (TPSA) is 41.1 Å². The van der Waals surface area contributed by atoms with E-state index in [0.29, 0.717) is 22.8 Å². The SMILES string of the molecule is CCCNc1ncc(Cl)c(N2CC(C)C(C)C2)n1. The van der Waals surface area contributed by atoms with Crippen LogP contribution in [0.4, 0.5) is 11.8 Å². The number of nitrogens with one attached hydrogen (secondary N) is 1. The molecule has 0 amide bonds. The fraction of sp³-hybridized carbons (Fsp3) is 0.692. The fourth-order valence-corrected chi connectivity index (χ4v) is 2.42. The number of aromatic nitrogens is 2. The molecule has 2 heterocycles. The zero-order chi connectivity index (χ0) is 13.1. The lowest BCUT2D eigenvalue weighted by atomic mass is 10.0. The van der Waals surface area contributed by atoms with Crippen LogP contribution in [-0.4, -0.2) is 29.6 Å². The van der Waals surface area contributed by atoms with Crippen LogP contribution in [0, 0.1) is 11.8 Å². The molecule has 18 heavy (non-hydrogen) atoms. The first-order chi connectivity index (χ1) is 8.61. The number of hydrogen-bond acceptors (Lipinski definition) is 4. The molecule has 0 aliphatic carbocycles. The van der Waals surface area contributed by atoms with Crippen LogP contribution in [0.15, 0.2) is 6.20 Å². The molecule has 1 aliphatic rings. The quantitative estimate of drug-likeness (QED) is 0.911. The lowest BCUT2D eigenvalue weighted by molar-refractivity contribution is 0.494. The van der Waals surface area contributed by atoms with Crippen LogP contribution in [0.5, 0.6) is 0 Å². The predicted molar refractivity (Wildman–Crippen MR) is 76.4 cm³/mol. The molecule has 1 fully saturated rings. The van der Waals surface area contributed by atoms with Gasteiger partial charge in [0.2, 0.25) is 5.95 Å². The Labute approximate surface area is 114 Å². The largest absolute Gasteiger partial charge is 0.355 e. The maximum Gasteiger partial charge on any atom is 0.224 e. The van der Waals surface area contributed by atoms with Crippen molar-refractivity contribution in [2.24, 2.45) is 11.8 Å². The first-order valence-electron chi connectivity index (χ1n) is 6.63. The molecule has 4 nitrogen and oxygen atoms in total. The Morgan fingerprint density at radius 2 is 2.06 bits per heavy atom. The molecule has 0 radical (unpaired) electrons. The van der Waals surface area contributed by atoms with Gasteiger partial charge in [0.25, 0.3) is 0 Å². The van der Waals surface area contributed by atoms with Crippen LogP contribution >= 0.6 is 11.6 Å². The van der Waals surface area contributed by atoms with Crippen molar-refractivity contribution in [3.63, 3.8) is 0 Å². The van der Waals surface area contributed by atoms with Gasteiger partial charge < -0.3 is 10.2 Å². The van der Waals surface area contributed by atoms with Gasteiger partial charge in [0.05, 0.1) is 6.20 Å². The van der Waals surface area contributed by atoms with Gasteiger partial charge in [-0.1, -0.05) is 32.4 Å². The molecule has 2 atom stereocenters. The van der Waals surface area contributed by atoms with Gasteiger partial charge in [0.1, 0.15) is 5.02 Å². The second-order valence-electron chi connectivity index (χ2n) is 5.15. The van der Waals surface area contributed by atoms with E-state index < -0.39 is 0 Å². The molecule has 2 rings (SSSR count). The van der Waals surface area contributed by atoms with Crippen LogP contribution in [0.3, 0.4) is 0 Å². The molecule has 1 aliphatic heterocycles. The lowest BCUT2D eigenvalue weighted by Gasteiger charge is -2.19. The summed E-state index contributed by atoms with van der Waals surface area (Å²) in [6.07, 6.45) is 2.74. The van der Waals surface area contributed by atoms with Gasteiger partial charge in [-0.05, 0) is 18.3 Å². The molecule has 0 spiro atoms. The number of anilines is 2. The van der Waals surface area contributed by atoms with Gasteiger partial charge in [-0.15, -0.1) is 0 Å². The highest BCUT2D eigenvalue weighted by atomic mass is 35.5. The number of rotatable bonds is 4. The minimum atomic E-state index is 0.637.